The molecule has 0 fully saturated rings. The molecule has 29 heavy (non-hydrogen) atoms. The Morgan fingerprint density at radius 3 is 2.86 bits per heavy atom. The first-order valence-corrected chi connectivity index (χ1v) is 11.5. The summed E-state index contributed by atoms with van der Waals surface area (Å²) in [6.45, 7) is 5.80. The topological polar surface area (TPSA) is 84.9 Å². The van der Waals surface area contributed by atoms with Crippen LogP contribution in [0.15, 0.2) is 33.2 Å². The van der Waals surface area contributed by atoms with Gasteiger partial charge in [-0.25, -0.2) is 4.98 Å². The van der Waals surface area contributed by atoms with Gasteiger partial charge >= 0.3 is 0 Å². The van der Waals surface area contributed by atoms with Gasteiger partial charge in [0.15, 0.2) is 5.58 Å². The molecule has 0 bridgehead atoms. The highest BCUT2D eigenvalue weighted by Gasteiger charge is 2.35. The van der Waals surface area contributed by atoms with Crippen LogP contribution in [0.4, 0.5) is 0 Å². The zero-order chi connectivity index (χ0) is 20.9. The SMILES string of the molecule is CC(C)(C)[S+]([O-])N[C@H]1CCc2c1cc1nc(-c3cccc(Br)c3Cl)oc1c2C#N. The van der Waals surface area contributed by atoms with Crippen molar-refractivity contribution in [1.82, 2.24) is 9.71 Å². The van der Waals surface area contributed by atoms with Gasteiger partial charge in [-0.15, -0.1) is 4.72 Å². The fraction of sp³-hybridized carbons (Fsp3) is 0.333. The van der Waals surface area contributed by atoms with Gasteiger partial charge in [0.25, 0.3) is 0 Å². The number of rotatable bonds is 3. The molecule has 1 N–H and O–H groups in total. The van der Waals surface area contributed by atoms with Gasteiger partial charge in [0.1, 0.15) is 21.9 Å². The Labute approximate surface area is 185 Å². The maximum Gasteiger partial charge on any atom is 0.228 e. The number of hydrogen-bond donors (Lipinski definition) is 1. The van der Waals surface area contributed by atoms with Crippen LogP contribution in [0.5, 0.6) is 0 Å². The van der Waals surface area contributed by atoms with Gasteiger partial charge in [-0.1, -0.05) is 17.7 Å². The Morgan fingerprint density at radius 2 is 2.17 bits per heavy atom. The fourth-order valence-electron chi connectivity index (χ4n) is 3.48. The Balaban J connectivity index is 1.81. The fourth-order valence-corrected chi connectivity index (χ4v) is 4.91. The molecule has 1 aromatic heterocycles. The molecule has 0 aliphatic heterocycles. The lowest BCUT2D eigenvalue weighted by Gasteiger charge is -2.26. The third kappa shape index (κ3) is 3.69. The quantitative estimate of drug-likeness (QED) is 0.466. The molecule has 8 heteroatoms. The lowest BCUT2D eigenvalue weighted by molar-refractivity contribution is 0.522. The minimum atomic E-state index is -1.21. The Morgan fingerprint density at radius 1 is 1.41 bits per heavy atom. The summed E-state index contributed by atoms with van der Waals surface area (Å²) < 4.78 is 22.2. The molecule has 3 aromatic rings. The Kier molecular flexibility index (Phi) is 5.43. The lowest BCUT2D eigenvalue weighted by atomic mass is 10.0. The van der Waals surface area contributed by atoms with Crippen LogP contribution < -0.4 is 4.72 Å². The highest BCUT2D eigenvalue weighted by Crippen LogP contribution is 2.41. The summed E-state index contributed by atoms with van der Waals surface area (Å²) in [6, 6.07) is 9.66. The molecule has 150 valence electrons. The highest BCUT2D eigenvalue weighted by molar-refractivity contribution is 9.10. The van der Waals surface area contributed by atoms with Crippen LogP contribution in [0.2, 0.25) is 5.02 Å². The first-order chi connectivity index (χ1) is 13.7. The van der Waals surface area contributed by atoms with Gasteiger partial charge in [0, 0.05) is 15.8 Å². The van der Waals surface area contributed by atoms with Crippen molar-refractivity contribution in [3.63, 3.8) is 0 Å². The van der Waals surface area contributed by atoms with Crippen LogP contribution in [0.3, 0.4) is 0 Å². The van der Waals surface area contributed by atoms with Gasteiger partial charge in [-0.05, 0) is 78.9 Å². The molecule has 0 radical (unpaired) electrons. The molecule has 1 aliphatic rings. The van der Waals surface area contributed by atoms with E-state index < -0.39 is 11.4 Å². The number of halogens is 2. The van der Waals surface area contributed by atoms with Crippen molar-refractivity contribution in [3.8, 4) is 17.5 Å². The second-order valence-corrected chi connectivity index (χ2v) is 11.2. The van der Waals surface area contributed by atoms with E-state index in [0.29, 0.717) is 33.1 Å². The van der Waals surface area contributed by atoms with E-state index in [2.05, 4.69) is 31.7 Å². The van der Waals surface area contributed by atoms with Crippen molar-refractivity contribution in [2.75, 3.05) is 0 Å². The number of fused-ring (bicyclic) bond motifs is 2. The molecule has 0 spiro atoms. The van der Waals surface area contributed by atoms with Crippen molar-refractivity contribution in [3.05, 3.63) is 50.5 Å². The van der Waals surface area contributed by atoms with Crippen molar-refractivity contribution < 1.29 is 8.97 Å². The molecule has 1 aliphatic carbocycles. The first-order valence-electron chi connectivity index (χ1n) is 9.19. The summed E-state index contributed by atoms with van der Waals surface area (Å²) in [5.74, 6) is 0.370. The Hall–Kier alpha value is -1.56. The van der Waals surface area contributed by atoms with Crippen LogP contribution in [0.1, 0.15) is 49.9 Å². The highest BCUT2D eigenvalue weighted by atomic mass is 79.9. The van der Waals surface area contributed by atoms with E-state index in [-0.39, 0.29) is 10.8 Å². The van der Waals surface area contributed by atoms with Gasteiger partial charge in [-0.2, -0.15) is 5.26 Å². The summed E-state index contributed by atoms with van der Waals surface area (Å²) in [7, 11) is 0. The molecule has 2 atom stereocenters. The monoisotopic (exact) mass is 491 g/mol. The summed E-state index contributed by atoms with van der Waals surface area (Å²) in [5.41, 5.74) is 4.12. The first kappa shape index (κ1) is 20.7. The van der Waals surface area contributed by atoms with Crippen molar-refractivity contribution in [2.45, 2.75) is 44.4 Å². The lowest BCUT2D eigenvalue weighted by Crippen LogP contribution is -2.40. The number of hydrogen-bond acceptors (Lipinski definition) is 5. The van der Waals surface area contributed by atoms with Gasteiger partial charge in [0.2, 0.25) is 5.89 Å². The minimum Gasteiger partial charge on any atom is -0.598 e. The average molecular weight is 493 g/mol. The van der Waals surface area contributed by atoms with E-state index in [1.807, 2.05) is 45.0 Å². The maximum atomic E-state index is 12.6. The van der Waals surface area contributed by atoms with E-state index in [1.165, 1.54) is 0 Å². The van der Waals surface area contributed by atoms with Crippen LogP contribution in [0.25, 0.3) is 22.6 Å². The largest absolute Gasteiger partial charge is 0.598 e. The summed E-state index contributed by atoms with van der Waals surface area (Å²) in [6.07, 6.45) is 1.50. The molecule has 2 aromatic carbocycles. The van der Waals surface area contributed by atoms with Crippen LogP contribution in [0, 0.1) is 11.3 Å². The predicted octanol–water partition coefficient (Wildman–Crippen LogP) is 5.82. The molecular formula is C21H19BrClN3O2S. The number of nitrogens with one attached hydrogen (secondary N) is 1. The van der Waals surface area contributed by atoms with Gasteiger partial charge in [0.05, 0.1) is 16.6 Å². The number of aromatic nitrogens is 1. The zero-order valence-electron chi connectivity index (χ0n) is 16.2. The standard InChI is InChI=1S/C21H19BrClN3O2S/c1-21(2,3)29(27)26-16-8-7-11-13(16)9-17-19(14(11)10-24)28-20(25-17)12-5-4-6-15(22)18(12)23/h4-6,9,16,26H,7-8H2,1-3H3/t16-,29?/m0/s1. The molecule has 4 rings (SSSR count). The molecule has 1 unspecified atom stereocenters. The number of oxazole rings is 1. The predicted molar refractivity (Wildman–Crippen MR) is 119 cm³/mol. The third-order valence-electron chi connectivity index (χ3n) is 4.98. The summed E-state index contributed by atoms with van der Waals surface area (Å²) >= 11 is 8.61. The number of benzene rings is 2. The molecule has 0 saturated heterocycles. The summed E-state index contributed by atoms with van der Waals surface area (Å²) in [4.78, 5) is 4.61. The smallest absolute Gasteiger partial charge is 0.228 e. The van der Waals surface area contributed by atoms with E-state index >= 15 is 0 Å². The minimum absolute atomic E-state index is 0.0869. The molecular weight excluding hydrogens is 474 g/mol. The van der Waals surface area contributed by atoms with Gasteiger partial charge < -0.3 is 8.97 Å². The molecule has 1 heterocycles. The second-order valence-electron chi connectivity index (χ2n) is 7.99. The molecule has 5 nitrogen and oxygen atoms in total. The number of nitriles is 1. The zero-order valence-corrected chi connectivity index (χ0v) is 19.3. The van der Waals surface area contributed by atoms with Gasteiger partial charge in [-0.3, -0.25) is 0 Å². The Bertz CT molecular complexity index is 1150. The van der Waals surface area contributed by atoms with Crippen molar-refractivity contribution >= 4 is 50.0 Å². The third-order valence-corrected chi connectivity index (χ3v) is 7.89. The normalized spacial score (nSPS) is 17.3. The van der Waals surface area contributed by atoms with E-state index in [0.717, 1.165) is 28.4 Å². The van der Waals surface area contributed by atoms with Crippen molar-refractivity contribution in [2.24, 2.45) is 0 Å². The van der Waals surface area contributed by atoms with Crippen LogP contribution in [-0.4, -0.2) is 14.3 Å². The second kappa shape index (κ2) is 7.60. The van der Waals surface area contributed by atoms with E-state index in [1.54, 1.807) is 0 Å². The van der Waals surface area contributed by atoms with E-state index in [9.17, 15) is 9.81 Å². The molecule has 0 amide bonds. The molecule has 0 saturated carbocycles. The van der Waals surface area contributed by atoms with E-state index in [4.69, 9.17) is 16.0 Å². The van der Waals surface area contributed by atoms with Crippen LogP contribution >= 0.6 is 27.5 Å². The van der Waals surface area contributed by atoms with Crippen molar-refractivity contribution in [1.29, 1.82) is 5.26 Å². The summed E-state index contributed by atoms with van der Waals surface area (Å²) in [5, 5.41) is 10.3. The van der Waals surface area contributed by atoms with Crippen LogP contribution in [-0.2, 0) is 17.8 Å². The number of nitrogens with zero attached hydrogens (tertiary/aromatic N) is 2. The average Bonchev–Trinajstić information content (AvgIpc) is 3.25. The maximum absolute atomic E-state index is 12.6.